The number of carbonyl (C=O) groups excluding carboxylic acids is 2. The summed E-state index contributed by atoms with van der Waals surface area (Å²) in [5.74, 6) is -0.748. The molecule has 1 N–H and O–H groups in total. The van der Waals surface area contributed by atoms with E-state index in [-0.39, 0.29) is 35.2 Å². The number of rotatable bonds is 14. The molecule has 0 radical (unpaired) electrons. The van der Waals surface area contributed by atoms with Gasteiger partial charge >= 0.3 is 0 Å². The number of methoxy groups -OCH3 is 1. The van der Waals surface area contributed by atoms with E-state index in [1.54, 1.807) is 48.5 Å². The molecule has 0 aromatic heterocycles. The Kier molecular flexibility index (Phi) is 12.3. The van der Waals surface area contributed by atoms with Gasteiger partial charge in [0.25, 0.3) is 10.0 Å². The molecule has 4 aromatic carbocycles. The first kappa shape index (κ1) is 35.8. The average Bonchev–Trinajstić information content (AvgIpc) is 3.05. The van der Waals surface area contributed by atoms with Crippen molar-refractivity contribution in [2.75, 3.05) is 24.5 Å². The van der Waals surface area contributed by atoms with Crippen molar-refractivity contribution in [2.45, 2.75) is 51.1 Å². The summed E-state index contributed by atoms with van der Waals surface area (Å²) in [6.07, 6.45) is 0.854. The molecule has 11 heteroatoms. The van der Waals surface area contributed by atoms with Crippen LogP contribution < -0.4 is 14.4 Å². The Hall–Kier alpha value is -4.05. The van der Waals surface area contributed by atoms with E-state index >= 15 is 0 Å². The highest BCUT2D eigenvalue weighted by Crippen LogP contribution is 2.34. The second kappa shape index (κ2) is 16.2. The van der Waals surface area contributed by atoms with Crippen LogP contribution in [-0.2, 0) is 32.6 Å². The molecule has 0 heterocycles. The fourth-order valence-corrected chi connectivity index (χ4v) is 7.05. The topological polar surface area (TPSA) is 96.0 Å². The number of hydrogen-bond donors (Lipinski definition) is 1. The number of anilines is 1. The van der Waals surface area contributed by atoms with Crippen molar-refractivity contribution in [3.63, 3.8) is 0 Å². The molecule has 0 aliphatic carbocycles. The highest BCUT2D eigenvalue weighted by molar-refractivity contribution is 7.92. The van der Waals surface area contributed by atoms with E-state index in [9.17, 15) is 18.0 Å². The summed E-state index contributed by atoms with van der Waals surface area (Å²) in [7, 11) is -2.87. The highest BCUT2D eigenvalue weighted by atomic mass is 35.5. The van der Waals surface area contributed by atoms with Crippen LogP contribution >= 0.6 is 23.2 Å². The first-order chi connectivity index (χ1) is 22.5. The van der Waals surface area contributed by atoms with Crippen molar-refractivity contribution < 1.29 is 22.7 Å². The molecule has 4 rings (SSSR count). The third-order valence-corrected chi connectivity index (χ3v) is 10.2. The Morgan fingerprint density at radius 1 is 0.872 bits per heavy atom. The Balaban J connectivity index is 1.88. The number of nitrogens with zero attached hydrogens (tertiary/aromatic N) is 2. The first-order valence-electron chi connectivity index (χ1n) is 15.2. The lowest BCUT2D eigenvalue weighted by Crippen LogP contribution is -2.53. The second-order valence-corrected chi connectivity index (χ2v) is 13.9. The van der Waals surface area contributed by atoms with Crippen molar-refractivity contribution in [3.8, 4) is 5.75 Å². The molecule has 0 saturated carbocycles. The molecule has 8 nitrogen and oxygen atoms in total. The zero-order chi connectivity index (χ0) is 34.1. The van der Waals surface area contributed by atoms with Crippen LogP contribution in [0.1, 0.15) is 35.6 Å². The van der Waals surface area contributed by atoms with Gasteiger partial charge in [0.15, 0.2) is 0 Å². The number of carbonyl (C=O) groups is 2. The molecule has 0 bridgehead atoms. The van der Waals surface area contributed by atoms with Crippen molar-refractivity contribution in [3.05, 3.63) is 123 Å². The largest absolute Gasteiger partial charge is 0.495 e. The number of halogens is 2. The molecule has 0 fully saturated rings. The quantitative estimate of drug-likeness (QED) is 0.154. The maximum atomic E-state index is 14.7. The SMILES string of the molecule is CCCNC(=O)C(Cc1ccccc1)N(Cc1c(Cl)cccc1Cl)C(=O)CN(c1cc(C)ccc1OC)S(=O)(=O)c1ccc(C)cc1. The Labute approximate surface area is 287 Å². The smallest absolute Gasteiger partial charge is 0.264 e. The molecule has 248 valence electrons. The molecule has 4 aromatic rings. The number of hydrogen-bond acceptors (Lipinski definition) is 5. The fourth-order valence-electron chi connectivity index (χ4n) is 5.12. The van der Waals surface area contributed by atoms with Crippen LogP contribution in [0.2, 0.25) is 10.0 Å². The molecular formula is C36H39Cl2N3O5S. The number of aryl methyl sites for hydroxylation is 2. The average molecular weight is 697 g/mol. The number of amides is 2. The fraction of sp³-hybridized carbons (Fsp3) is 0.278. The summed E-state index contributed by atoms with van der Waals surface area (Å²) in [6, 6.07) is 24.8. The van der Waals surface area contributed by atoms with Gasteiger partial charge in [0, 0.05) is 35.1 Å². The van der Waals surface area contributed by atoms with Crippen LogP contribution in [0, 0.1) is 13.8 Å². The second-order valence-electron chi connectivity index (χ2n) is 11.2. The van der Waals surface area contributed by atoms with Gasteiger partial charge in [-0.15, -0.1) is 0 Å². The van der Waals surface area contributed by atoms with Crippen LogP contribution in [0.4, 0.5) is 5.69 Å². The van der Waals surface area contributed by atoms with Crippen molar-refractivity contribution in [1.82, 2.24) is 10.2 Å². The van der Waals surface area contributed by atoms with E-state index in [4.69, 9.17) is 27.9 Å². The van der Waals surface area contributed by atoms with Crippen molar-refractivity contribution >= 4 is 50.7 Å². The summed E-state index contributed by atoms with van der Waals surface area (Å²) in [5.41, 5.74) is 3.08. The Morgan fingerprint density at radius 2 is 1.51 bits per heavy atom. The minimum absolute atomic E-state index is 0.00156. The first-order valence-corrected chi connectivity index (χ1v) is 17.4. The summed E-state index contributed by atoms with van der Waals surface area (Å²) >= 11 is 13.2. The molecule has 0 aliphatic heterocycles. The number of nitrogens with one attached hydrogen (secondary N) is 1. The normalized spacial score (nSPS) is 11.9. The van der Waals surface area contributed by atoms with Gasteiger partial charge in [-0.3, -0.25) is 13.9 Å². The Bertz CT molecular complexity index is 1780. The highest BCUT2D eigenvalue weighted by Gasteiger charge is 2.36. The van der Waals surface area contributed by atoms with Crippen LogP contribution in [-0.4, -0.2) is 51.4 Å². The summed E-state index contributed by atoms with van der Waals surface area (Å²) in [5, 5.41) is 3.55. The van der Waals surface area contributed by atoms with Crippen LogP contribution in [0.3, 0.4) is 0 Å². The zero-order valence-corrected chi connectivity index (χ0v) is 29.2. The van der Waals surface area contributed by atoms with Crippen LogP contribution in [0.25, 0.3) is 0 Å². The molecule has 0 aliphatic rings. The van der Waals surface area contributed by atoms with Gasteiger partial charge in [-0.2, -0.15) is 0 Å². The summed E-state index contributed by atoms with van der Waals surface area (Å²) in [4.78, 5) is 29.9. The van der Waals surface area contributed by atoms with Gasteiger partial charge in [0.2, 0.25) is 11.8 Å². The molecule has 0 saturated heterocycles. The van der Waals surface area contributed by atoms with Gasteiger partial charge in [-0.1, -0.05) is 90.3 Å². The number of ether oxygens (including phenoxy) is 1. The number of sulfonamides is 1. The molecule has 1 atom stereocenters. The summed E-state index contributed by atoms with van der Waals surface area (Å²) in [6.45, 7) is 5.23. The molecule has 2 amide bonds. The maximum absolute atomic E-state index is 14.7. The van der Waals surface area contributed by atoms with E-state index in [2.05, 4.69) is 5.32 Å². The summed E-state index contributed by atoms with van der Waals surface area (Å²) < 4.78 is 35.3. The maximum Gasteiger partial charge on any atom is 0.264 e. The van der Waals surface area contributed by atoms with Gasteiger partial charge in [-0.05, 0) is 67.8 Å². The predicted octanol–water partition coefficient (Wildman–Crippen LogP) is 6.98. The number of benzene rings is 4. The molecular weight excluding hydrogens is 657 g/mol. The van der Waals surface area contributed by atoms with E-state index in [0.717, 1.165) is 21.0 Å². The molecule has 47 heavy (non-hydrogen) atoms. The van der Waals surface area contributed by atoms with Gasteiger partial charge in [0.05, 0.1) is 17.7 Å². The molecule has 0 spiro atoms. The minimum atomic E-state index is -4.30. The lowest BCUT2D eigenvalue weighted by atomic mass is 10.0. The Morgan fingerprint density at radius 3 is 2.13 bits per heavy atom. The van der Waals surface area contributed by atoms with Crippen LogP contribution in [0.5, 0.6) is 5.75 Å². The zero-order valence-electron chi connectivity index (χ0n) is 26.9. The lowest BCUT2D eigenvalue weighted by molar-refractivity contribution is -0.140. The lowest BCUT2D eigenvalue weighted by Gasteiger charge is -2.34. The van der Waals surface area contributed by atoms with Gasteiger partial charge in [0.1, 0.15) is 18.3 Å². The van der Waals surface area contributed by atoms with Crippen LogP contribution in [0.15, 0.2) is 95.9 Å². The minimum Gasteiger partial charge on any atom is -0.495 e. The standard InChI is InChI=1S/C36H39Cl2N3O5S/c1-5-20-39-36(43)33(22-27-10-7-6-8-11-27)40(23-29-30(37)12-9-13-31(29)38)35(42)24-41(32-21-26(3)16-19-34(32)46-4)47(44,45)28-17-14-25(2)15-18-28/h6-19,21,33H,5,20,22-24H2,1-4H3,(H,39,43). The van der Waals surface area contributed by atoms with Crippen molar-refractivity contribution in [1.29, 1.82) is 0 Å². The third kappa shape index (κ3) is 8.86. The van der Waals surface area contributed by atoms with E-state index < -0.39 is 28.5 Å². The van der Waals surface area contributed by atoms with Gasteiger partial charge < -0.3 is 15.0 Å². The molecule has 1 unspecified atom stereocenters. The van der Waals surface area contributed by atoms with E-state index in [1.807, 2.05) is 51.1 Å². The van der Waals surface area contributed by atoms with Gasteiger partial charge in [-0.25, -0.2) is 8.42 Å². The predicted molar refractivity (Wildman–Crippen MR) is 188 cm³/mol. The third-order valence-electron chi connectivity index (χ3n) is 7.70. The van der Waals surface area contributed by atoms with E-state index in [1.165, 1.54) is 24.1 Å². The van der Waals surface area contributed by atoms with E-state index in [0.29, 0.717) is 28.6 Å². The monoisotopic (exact) mass is 695 g/mol. The van der Waals surface area contributed by atoms with Crippen molar-refractivity contribution in [2.24, 2.45) is 0 Å².